The highest BCUT2D eigenvalue weighted by Gasteiger charge is 2.34. The van der Waals surface area contributed by atoms with Crippen molar-refractivity contribution < 1.29 is 9.59 Å². The van der Waals surface area contributed by atoms with Crippen molar-refractivity contribution in [1.29, 1.82) is 0 Å². The van der Waals surface area contributed by atoms with Crippen molar-refractivity contribution in [3.8, 4) is 0 Å². The summed E-state index contributed by atoms with van der Waals surface area (Å²) in [6, 6.07) is 16.1. The quantitative estimate of drug-likeness (QED) is 0.290. The van der Waals surface area contributed by atoms with E-state index < -0.39 is 9.96 Å². The lowest BCUT2D eigenvalue weighted by molar-refractivity contribution is -0.121. The minimum absolute atomic E-state index is 0.124. The van der Waals surface area contributed by atoms with E-state index >= 15 is 0 Å². The van der Waals surface area contributed by atoms with Gasteiger partial charge < -0.3 is 21.3 Å². The first-order valence-electron chi connectivity index (χ1n) is 8.48. The molecular formula is C19H19Cl3N4O2S. The Morgan fingerprint density at radius 1 is 0.966 bits per heavy atom. The van der Waals surface area contributed by atoms with Crippen molar-refractivity contribution in [3.05, 3.63) is 60.2 Å². The lowest BCUT2D eigenvalue weighted by Crippen LogP contribution is -2.56. The predicted molar refractivity (Wildman–Crippen MR) is 122 cm³/mol. The van der Waals surface area contributed by atoms with E-state index in [2.05, 4.69) is 21.3 Å². The minimum atomic E-state index is -1.85. The third-order valence-corrected chi connectivity index (χ3v) is 4.43. The van der Waals surface area contributed by atoms with E-state index in [1.807, 2.05) is 30.3 Å². The summed E-state index contributed by atoms with van der Waals surface area (Å²) in [6.07, 6.45) is -0.944. The molecule has 0 saturated heterocycles. The number of hydrogen-bond acceptors (Lipinski definition) is 3. The first kappa shape index (κ1) is 23.2. The third-order valence-electron chi connectivity index (χ3n) is 3.56. The molecule has 0 aromatic heterocycles. The number of halogens is 3. The number of anilines is 2. The molecule has 2 amide bonds. The van der Waals surface area contributed by atoms with Gasteiger partial charge in [-0.3, -0.25) is 9.59 Å². The van der Waals surface area contributed by atoms with E-state index in [9.17, 15) is 9.59 Å². The molecule has 2 aromatic rings. The molecular weight excluding hydrogens is 455 g/mol. The van der Waals surface area contributed by atoms with E-state index in [1.54, 1.807) is 24.3 Å². The average molecular weight is 474 g/mol. The molecule has 0 radical (unpaired) electrons. The monoisotopic (exact) mass is 472 g/mol. The predicted octanol–water partition coefficient (Wildman–Crippen LogP) is 3.99. The molecule has 2 aromatic carbocycles. The Bertz CT molecular complexity index is 875. The second-order valence-electron chi connectivity index (χ2n) is 6.06. The fourth-order valence-electron chi connectivity index (χ4n) is 2.37. The van der Waals surface area contributed by atoms with Crippen LogP contribution in [-0.4, -0.2) is 26.9 Å². The molecule has 0 spiro atoms. The van der Waals surface area contributed by atoms with Gasteiger partial charge in [0.15, 0.2) is 5.11 Å². The normalized spacial score (nSPS) is 11.9. The van der Waals surface area contributed by atoms with Crippen molar-refractivity contribution in [2.24, 2.45) is 0 Å². The van der Waals surface area contributed by atoms with Gasteiger partial charge in [-0.1, -0.05) is 71.2 Å². The molecule has 0 aliphatic heterocycles. The van der Waals surface area contributed by atoms with Gasteiger partial charge >= 0.3 is 0 Å². The Morgan fingerprint density at radius 2 is 1.59 bits per heavy atom. The van der Waals surface area contributed by atoms with Crippen molar-refractivity contribution in [1.82, 2.24) is 10.6 Å². The van der Waals surface area contributed by atoms with E-state index in [-0.39, 0.29) is 23.3 Å². The minimum Gasteiger partial charge on any atom is -0.339 e. The molecule has 154 valence electrons. The molecule has 4 N–H and O–H groups in total. The van der Waals surface area contributed by atoms with Crippen LogP contribution in [-0.2, 0) is 16.0 Å². The summed E-state index contributed by atoms with van der Waals surface area (Å²) < 4.78 is -1.85. The maximum Gasteiger partial charge on any atom is 0.228 e. The summed E-state index contributed by atoms with van der Waals surface area (Å²) in [7, 11) is 0. The second-order valence-corrected chi connectivity index (χ2v) is 8.84. The number of hydrogen-bond donors (Lipinski definition) is 4. The molecule has 0 aliphatic carbocycles. The van der Waals surface area contributed by atoms with Crippen molar-refractivity contribution in [3.63, 3.8) is 0 Å². The Kier molecular flexibility index (Phi) is 8.52. The zero-order valence-electron chi connectivity index (χ0n) is 15.3. The van der Waals surface area contributed by atoms with Crippen LogP contribution >= 0.6 is 47.0 Å². The van der Waals surface area contributed by atoms with Gasteiger partial charge in [0.05, 0.1) is 6.42 Å². The number of benzene rings is 2. The number of amides is 2. The van der Waals surface area contributed by atoms with Gasteiger partial charge in [0, 0.05) is 18.3 Å². The number of nitrogens with one attached hydrogen (secondary N) is 4. The number of carbonyl (C=O) groups is 2. The Morgan fingerprint density at radius 3 is 2.17 bits per heavy atom. The zero-order valence-corrected chi connectivity index (χ0v) is 18.4. The maximum absolute atomic E-state index is 12.3. The molecule has 0 unspecified atom stereocenters. The smallest absolute Gasteiger partial charge is 0.228 e. The first-order chi connectivity index (χ1) is 13.6. The van der Waals surface area contributed by atoms with Crippen molar-refractivity contribution in [2.75, 3.05) is 10.6 Å². The summed E-state index contributed by atoms with van der Waals surface area (Å²) in [6.45, 7) is 1.41. The van der Waals surface area contributed by atoms with Gasteiger partial charge in [-0.15, -0.1) is 0 Å². The lowest BCUT2D eigenvalue weighted by atomic mass is 10.1. The summed E-state index contributed by atoms with van der Waals surface area (Å²) >= 11 is 23.2. The molecule has 0 heterocycles. The van der Waals surface area contributed by atoms with Crippen LogP contribution < -0.4 is 21.3 Å². The molecule has 0 bridgehead atoms. The molecule has 1 atom stereocenters. The lowest BCUT2D eigenvalue weighted by Gasteiger charge is -2.28. The molecule has 2 rings (SSSR count). The largest absolute Gasteiger partial charge is 0.339 e. The summed E-state index contributed by atoms with van der Waals surface area (Å²) in [5.74, 6) is -0.532. The summed E-state index contributed by atoms with van der Waals surface area (Å²) in [4.78, 5) is 23.5. The first-order valence-corrected chi connectivity index (χ1v) is 10.0. The molecule has 0 aliphatic rings. The Hall–Kier alpha value is -2.06. The van der Waals surface area contributed by atoms with Gasteiger partial charge in [-0.05, 0) is 36.0 Å². The molecule has 0 saturated carbocycles. The van der Waals surface area contributed by atoms with Crippen LogP contribution in [0, 0.1) is 0 Å². The van der Waals surface area contributed by atoms with E-state index in [0.29, 0.717) is 11.4 Å². The number of rotatable bonds is 6. The van der Waals surface area contributed by atoms with Gasteiger partial charge in [-0.2, -0.15) is 0 Å². The van der Waals surface area contributed by atoms with Crippen LogP contribution in [0.25, 0.3) is 0 Å². The molecule has 29 heavy (non-hydrogen) atoms. The van der Waals surface area contributed by atoms with Crippen LogP contribution in [0.4, 0.5) is 11.4 Å². The summed E-state index contributed by atoms with van der Waals surface area (Å²) in [5, 5.41) is 11.1. The second kappa shape index (κ2) is 10.6. The van der Waals surface area contributed by atoms with E-state index in [1.165, 1.54) is 6.92 Å². The van der Waals surface area contributed by atoms with E-state index in [0.717, 1.165) is 5.56 Å². The van der Waals surface area contributed by atoms with Gasteiger partial charge in [0.1, 0.15) is 6.17 Å². The Labute approximate surface area is 189 Å². The average Bonchev–Trinajstić information content (AvgIpc) is 2.61. The van der Waals surface area contributed by atoms with Crippen LogP contribution in [0.5, 0.6) is 0 Å². The molecule has 0 fully saturated rings. The molecule has 6 nitrogen and oxygen atoms in total. The fraction of sp³-hybridized carbons (Fsp3) is 0.211. The van der Waals surface area contributed by atoms with Crippen LogP contribution in [0.15, 0.2) is 54.6 Å². The van der Waals surface area contributed by atoms with Crippen LogP contribution in [0.1, 0.15) is 12.5 Å². The number of thiocarbonyl (C=S) groups is 1. The summed E-state index contributed by atoms with van der Waals surface area (Å²) in [5.41, 5.74) is 2.02. The number of carbonyl (C=O) groups excluding carboxylic acids is 2. The topological polar surface area (TPSA) is 82.3 Å². The number of alkyl halides is 3. The highest BCUT2D eigenvalue weighted by atomic mass is 35.6. The fourth-order valence-corrected chi connectivity index (χ4v) is 2.93. The van der Waals surface area contributed by atoms with E-state index in [4.69, 9.17) is 47.0 Å². The maximum atomic E-state index is 12.3. The van der Waals surface area contributed by atoms with Gasteiger partial charge in [0.2, 0.25) is 15.6 Å². The van der Waals surface area contributed by atoms with Crippen molar-refractivity contribution in [2.45, 2.75) is 23.3 Å². The van der Waals surface area contributed by atoms with Gasteiger partial charge in [0.25, 0.3) is 0 Å². The standard InChI is InChI=1S/C19H19Cl3N4O2S/c1-12(27)23-14-8-5-9-15(11-14)24-18(29)26-17(19(20,21)22)25-16(28)10-13-6-3-2-4-7-13/h2-9,11,17H,10H2,1H3,(H,23,27)(H,25,28)(H2,24,26,29)/t17-/m0/s1. The SMILES string of the molecule is CC(=O)Nc1cccc(NC(=S)N[C@H](NC(=O)Cc2ccccc2)C(Cl)(Cl)Cl)c1. The zero-order chi connectivity index (χ0) is 21.4. The Balaban J connectivity index is 1.99. The van der Waals surface area contributed by atoms with Crippen LogP contribution in [0.3, 0.4) is 0 Å². The highest BCUT2D eigenvalue weighted by Crippen LogP contribution is 2.29. The molecule has 10 heteroatoms. The highest BCUT2D eigenvalue weighted by molar-refractivity contribution is 7.80. The van der Waals surface area contributed by atoms with Crippen LogP contribution in [0.2, 0.25) is 0 Å². The third kappa shape index (κ3) is 8.45. The van der Waals surface area contributed by atoms with Crippen molar-refractivity contribution >= 4 is 75.3 Å². The van der Waals surface area contributed by atoms with Gasteiger partial charge in [-0.25, -0.2) is 0 Å².